The molecule has 5 aromatic rings. The van der Waals surface area contributed by atoms with Crippen molar-refractivity contribution in [2.24, 2.45) is 0 Å². The fourth-order valence-corrected chi connectivity index (χ4v) is 4.72. The van der Waals surface area contributed by atoms with Crippen LogP contribution in [0.15, 0.2) is 113 Å². The molecule has 1 aromatic heterocycles. The number of amides is 2. The summed E-state index contributed by atoms with van der Waals surface area (Å²) in [4.78, 5) is 52.4. The molecule has 0 aliphatic rings. The highest BCUT2D eigenvalue weighted by molar-refractivity contribution is 5.91. The second kappa shape index (κ2) is 12.8. The van der Waals surface area contributed by atoms with Crippen LogP contribution in [0.5, 0.6) is 5.75 Å². The van der Waals surface area contributed by atoms with Gasteiger partial charge in [-0.1, -0.05) is 54.6 Å². The molecule has 0 aliphatic carbocycles. The fourth-order valence-electron chi connectivity index (χ4n) is 4.72. The Morgan fingerprint density at radius 1 is 0.762 bits per heavy atom. The smallest absolute Gasteiger partial charge is 0.336 e. The molecular formula is C33H30N4O5. The maximum atomic E-state index is 13.6. The molecule has 0 radical (unpaired) electrons. The highest BCUT2D eigenvalue weighted by atomic mass is 16.5. The van der Waals surface area contributed by atoms with Crippen molar-refractivity contribution in [1.82, 2.24) is 14.5 Å². The van der Waals surface area contributed by atoms with Gasteiger partial charge < -0.3 is 15.4 Å². The van der Waals surface area contributed by atoms with Crippen molar-refractivity contribution in [3.63, 3.8) is 0 Å². The van der Waals surface area contributed by atoms with Crippen LogP contribution in [-0.2, 0) is 29.0 Å². The van der Waals surface area contributed by atoms with Crippen molar-refractivity contribution in [2.45, 2.75) is 19.4 Å². The van der Waals surface area contributed by atoms with Crippen LogP contribution in [0.3, 0.4) is 0 Å². The first-order chi connectivity index (χ1) is 20.4. The van der Waals surface area contributed by atoms with Gasteiger partial charge in [0.05, 0.1) is 30.1 Å². The summed E-state index contributed by atoms with van der Waals surface area (Å²) in [6.45, 7) is 0.228. The molecule has 0 bridgehead atoms. The molecule has 4 aromatic carbocycles. The van der Waals surface area contributed by atoms with Crippen LogP contribution in [0, 0.1) is 0 Å². The van der Waals surface area contributed by atoms with Crippen molar-refractivity contribution >= 4 is 28.4 Å². The van der Waals surface area contributed by atoms with Crippen LogP contribution in [0.25, 0.3) is 16.6 Å². The molecule has 0 aliphatic heterocycles. The maximum absolute atomic E-state index is 13.6. The van der Waals surface area contributed by atoms with Gasteiger partial charge in [0.25, 0.3) is 5.56 Å². The van der Waals surface area contributed by atoms with E-state index in [1.54, 1.807) is 79.9 Å². The summed E-state index contributed by atoms with van der Waals surface area (Å²) in [6.07, 6.45) is 0.901. The average Bonchev–Trinajstić information content (AvgIpc) is 3.01. The molecule has 0 saturated heterocycles. The van der Waals surface area contributed by atoms with Crippen LogP contribution in [0.4, 0.5) is 5.69 Å². The van der Waals surface area contributed by atoms with E-state index in [-0.39, 0.29) is 18.9 Å². The van der Waals surface area contributed by atoms with E-state index in [1.807, 2.05) is 30.3 Å². The summed E-state index contributed by atoms with van der Waals surface area (Å²) >= 11 is 0. The largest absolute Gasteiger partial charge is 0.497 e. The minimum Gasteiger partial charge on any atom is -0.497 e. The molecule has 0 saturated carbocycles. The molecule has 9 heteroatoms. The molecule has 212 valence electrons. The molecule has 0 unspecified atom stereocenters. The number of carbonyl (C=O) groups excluding carboxylic acids is 2. The Morgan fingerprint density at radius 2 is 1.45 bits per heavy atom. The van der Waals surface area contributed by atoms with Gasteiger partial charge in [-0.15, -0.1) is 0 Å². The number of aromatic nitrogens is 2. The van der Waals surface area contributed by atoms with E-state index >= 15 is 0 Å². The van der Waals surface area contributed by atoms with E-state index in [1.165, 1.54) is 4.57 Å². The Labute approximate surface area is 242 Å². The number of nitrogens with one attached hydrogen (secondary N) is 2. The first kappa shape index (κ1) is 28.1. The Morgan fingerprint density at radius 3 is 2.17 bits per heavy atom. The lowest BCUT2D eigenvalue weighted by molar-refractivity contribution is -0.120. The van der Waals surface area contributed by atoms with Crippen molar-refractivity contribution in [1.29, 1.82) is 0 Å². The van der Waals surface area contributed by atoms with Gasteiger partial charge in [0.2, 0.25) is 11.8 Å². The molecule has 42 heavy (non-hydrogen) atoms. The Hall–Kier alpha value is -5.44. The molecule has 2 N–H and O–H groups in total. The van der Waals surface area contributed by atoms with E-state index in [9.17, 15) is 19.2 Å². The first-order valence-electron chi connectivity index (χ1n) is 13.5. The number of ether oxygens (including phenoxy) is 1. The zero-order chi connectivity index (χ0) is 29.5. The minimum absolute atomic E-state index is 0.119. The van der Waals surface area contributed by atoms with Gasteiger partial charge in [0.15, 0.2) is 0 Å². The SMILES string of the molecule is COc1ccc(NC(=O)Cn2c(=O)n(-c3ccc(CC(=O)NCCc4ccccc4)cc3)c(=O)c3ccccc32)cc1. The summed E-state index contributed by atoms with van der Waals surface area (Å²) in [5.41, 5.74) is 2.00. The van der Waals surface area contributed by atoms with Crippen molar-refractivity contribution in [3.8, 4) is 11.4 Å². The topological polar surface area (TPSA) is 111 Å². The number of para-hydroxylation sites is 1. The zero-order valence-electron chi connectivity index (χ0n) is 23.1. The molecule has 1 heterocycles. The number of benzene rings is 4. The number of methoxy groups -OCH3 is 1. The van der Waals surface area contributed by atoms with Crippen LogP contribution in [-0.4, -0.2) is 34.6 Å². The van der Waals surface area contributed by atoms with Crippen LogP contribution in [0.1, 0.15) is 11.1 Å². The molecule has 0 spiro atoms. The third-order valence-corrected chi connectivity index (χ3v) is 6.86. The third-order valence-electron chi connectivity index (χ3n) is 6.86. The van der Waals surface area contributed by atoms with Gasteiger partial charge in [-0.05, 0) is 66.1 Å². The molecule has 0 atom stereocenters. The summed E-state index contributed by atoms with van der Waals surface area (Å²) in [6, 6.07) is 30.1. The van der Waals surface area contributed by atoms with Gasteiger partial charge in [-0.25, -0.2) is 9.36 Å². The van der Waals surface area contributed by atoms with Crippen LogP contribution >= 0.6 is 0 Å². The lowest BCUT2D eigenvalue weighted by Gasteiger charge is -2.15. The standard InChI is InChI=1S/C33H30N4O5/c1-42-27-17-13-25(14-18-27)35-31(39)22-36-29-10-6-5-9-28(29)32(40)37(33(36)41)26-15-11-24(12-16-26)21-30(38)34-20-19-23-7-3-2-4-8-23/h2-18H,19-22H2,1H3,(H,34,38)(H,35,39). The van der Waals surface area contributed by atoms with Gasteiger partial charge in [-0.3, -0.25) is 19.0 Å². The van der Waals surface area contributed by atoms with E-state index in [0.29, 0.717) is 34.6 Å². The van der Waals surface area contributed by atoms with Gasteiger partial charge in [0.1, 0.15) is 12.3 Å². The number of anilines is 1. The van der Waals surface area contributed by atoms with E-state index < -0.39 is 17.2 Å². The highest BCUT2D eigenvalue weighted by Gasteiger charge is 2.17. The Bertz CT molecular complexity index is 1830. The number of rotatable bonds is 10. The minimum atomic E-state index is -0.644. The monoisotopic (exact) mass is 562 g/mol. The Balaban J connectivity index is 1.34. The number of nitrogens with zero attached hydrogens (tertiary/aromatic N) is 2. The second-order valence-electron chi connectivity index (χ2n) is 9.73. The third kappa shape index (κ3) is 6.47. The lowest BCUT2D eigenvalue weighted by atomic mass is 10.1. The summed E-state index contributed by atoms with van der Waals surface area (Å²) in [5.74, 6) is 0.106. The number of carbonyl (C=O) groups is 2. The number of hydrogen-bond acceptors (Lipinski definition) is 5. The zero-order valence-corrected chi connectivity index (χ0v) is 23.1. The second-order valence-corrected chi connectivity index (χ2v) is 9.73. The van der Waals surface area contributed by atoms with Crippen molar-refractivity contribution < 1.29 is 14.3 Å². The summed E-state index contributed by atoms with van der Waals surface area (Å²) in [5, 5.41) is 6.00. The quantitative estimate of drug-likeness (QED) is 0.270. The van der Waals surface area contributed by atoms with E-state index in [4.69, 9.17) is 4.74 Å². The molecule has 2 amide bonds. The number of hydrogen-bond donors (Lipinski definition) is 2. The van der Waals surface area contributed by atoms with Gasteiger partial charge >= 0.3 is 5.69 Å². The van der Waals surface area contributed by atoms with E-state index in [0.717, 1.165) is 22.1 Å². The predicted molar refractivity (Wildman–Crippen MR) is 162 cm³/mol. The van der Waals surface area contributed by atoms with Crippen LogP contribution in [0.2, 0.25) is 0 Å². The lowest BCUT2D eigenvalue weighted by Crippen LogP contribution is -2.40. The molecule has 5 rings (SSSR count). The van der Waals surface area contributed by atoms with Crippen LogP contribution < -0.4 is 26.6 Å². The molecule has 0 fully saturated rings. The summed E-state index contributed by atoms with van der Waals surface area (Å²) in [7, 11) is 1.55. The summed E-state index contributed by atoms with van der Waals surface area (Å²) < 4.78 is 7.48. The van der Waals surface area contributed by atoms with Crippen molar-refractivity contribution in [2.75, 3.05) is 19.0 Å². The normalized spacial score (nSPS) is 10.8. The number of fused-ring (bicyclic) bond motifs is 1. The predicted octanol–water partition coefficient (Wildman–Crippen LogP) is 3.70. The maximum Gasteiger partial charge on any atom is 0.336 e. The van der Waals surface area contributed by atoms with E-state index in [2.05, 4.69) is 10.6 Å². The molecule has 9 nitrogen and oxygen atoms in total. The van der Waals surface area contributed by atoms with Gasteiger partial charge in [-0.2, -0.15) is 0 Å². The average molecular weight is 563 g/mol. The Kier molecular flexibility index (Phi) is 8.58. The molecular weight excluding hydrogens is 532 g/mol. The first-order valence-corrected chi connectivity index (χ1v) is 13.5. The fraction of sp³-hybridized carbons (Fsp3) is 0.152. The van der Waals surface area contributed by atoms with Gasteiger partial charge in [0, 0.05) is 12.2 Å². The highest BCUT2D eigenvalue weighted by Crippen LogP contribution is 2.16. The van der Waals surface area contributed by atoms with Crippen molar-refractivity contribution in [3.05, 3.63) is 135 Å².